The van der Waals surface area contributed by atoms with E-state index < -0.39 is 13.4 Å². The van der Waals surface area contributed by atoms with Crippen LogP contribution in [0.5, 0.6) is 0 Å². The van der Waals surface area contributed by atoms with Crippen LogP contribution in [0.25, 0.3) is 0 Å². The standard InChI is InChI=1S/C27H40O3Si/c1-8-22(9-2)30-25(28)21(3)26(4,5)20-27(6,7)31(29,23-16-12-10-13-17-23)24-18-14-11-15-19-24/h10-19,21-22,29H,8-9,20H2,1-7H3/t21-/m0/s1. The fourth-order valence-corrected chi connectivity index (χ4v) is 8.73. The Balaban J connectivity index is 2.40. The molecule has 170 valence electrons. The van der Waals surface area contributed by atoms with Gasteiger partial charge < -0.3 is 9.53 Å². The summed E-state index contributed by atoms with van der Waals surface area (Å²) in [6, 6.07) is 20.1. The van der Waals surface area contributed by atoms with Gasteiger partial charge in [0.15, 0.2) is 0 Å². The molecule has 0 bridgehead atoms. The summed E-state index contributed by atoms with van der Waals surface area (Å²) in [5, 5.41) is 1.58. The van der Waals surface area contributed by atoms with Gasteiger partial charge in [0.1, 0.15) is 6.10 Å². The molecule has 0 aliphatic rings. The smallest absolute Gasteiger partial charge is 0.309 e. The van der Waals surface area contributed by atoms with Crippen molar-refractivity contribution in [2.45, 2.75) is 78.9 Å². The van der Waals surface area contributed by atoms with Crippen molar-refractivity contribution in [3.63, 3.8) is 0 Å². The molecule has 1 atom stereocenters. The van der Waals surface area contributed by atoms with Crippen LogP contribution in [0.2, 0.25) is 5.04 Å². The minimum absolute atomic E-state index is 0.0290. The second kappa shape index (κ2) is 10.1. The summed E-state index contributed by atoms with van der Waals surface area (Å²) < 4.78 is 5.78. The van der Waals surface area contributed by atoms with Crippen molar-refractivity contribution in [3.05, 3.63) is 60.7 Å². The van der Waals surface area contributed by atoms with Gasteiger partial charge in [-0.3, -0.25) is 4.79 Å². The lowest BCUT2D eigenvalue weighted by molar-refractivity contribution is -0.158. The monoisotopic (exact) mass is 440 g/mol. The number of rotatable bonds is 10. The zero-order valence-electron chi connectivity index (χ0n) is 20.3. The van der Waals surface area contributed by atoms with Gasteiger partial charge in [0, 0.05) is 0 Å². The number of esters is 1. The molecule has 2 aromatic carbocycles. The highest BCUT2D eigenvalue weighted by Gasteiger charge is 2.53. The van der Waals surface area contributed by atoms with Crippen molar-refractivity contribution in [1.82, 2.24) is 0 Å². The molecule has 1 N–H and O–H groups in total. The second-order valence-corrected chi connectivity index (χ2v) is 14.0. The van der Waals surface area contributed by atoms with Crippen molar-refractivity contribution < 1.29 is 14.3 Å². The minimum Gasteiger partial charge on any atom is -0.462 e. The van der Waals surface area contributed by atoms with E-state index in [0.29, 0.717) is 6.42 Å². The fourth-order valence-electron chi connectivity index (χ4n) is 4.77. The molecule has 0 spiro atoms. The van der Waals surface area contributed by atoms with E-state index in [0.717, 1.165) is 23.2 Å². The molecule has 0 aliphatic heterocycles. The molecular weight excluding hydrogens is 400 g/mol. The largest absolute Gasteiger partial charge is 0.462 e. The summed E-state index contributed by atoms with van der Waals surface area (Å²) in [4.78, 5) is 25.3. The predicted molar refractivity (Wildman–Crippen MR) is 132 cm³/mol. The Hall–Kier alpha value is -1.91. The molecule has 0 heterocycles. The number of carbonyl (C=O) groups excluding carboxylic acids is 1. The van der Waals surface area contributed by atoms with E-state index in [1.807, 2.05) is 81.4 Å². The summed E-state index contributed by atoms with van der Waals surface area (Å²) in [5.74, 6) is -0.406. The van der Waals surface area contributed by atoms with E-state index >= 15 is 0 Å². The van der Waals surface area contributed by atoms with Gasteiger partial charge in [-0.15, -0.1) is 0 Å². The predicted octanol–water partition coefficient (Wildman–Crippen LogP) is 5.30. The van der Waals surface area contributed by atoms with Crippen molar-refractivity contribution in [3.8, 4) is 0 Å². The molecule has 0 radical (unpaired) electrons. The van der Waals surface area contributed by atoms with E-state index in [4.69, 9.17) is 4.74 Å². The van der Waals surface area contributed by atoms with E-state index in [-0.39, 0.29) is 23.4 Å². The molecular formula is C27H40O3Si. The number of carbonyl (C=O) groups is 1. The number of benzene rings is 2. The molecule has 0 aromatic heterocycles. The Labute approximate surface area is 190 Å². The van der Waals surface area contributed by atoms with E-state index in [2.05, 4.69) is 27.7 Å². The van der Waals surface area contributed by atoms with Crippen LogP contribution in [0.3, 0.4) is 0 Å². The summed E-state index contributed by atoms with van der Waals surface area (Å²) >= 11 is 0. The van der Waals surface area contributed by atoms with Crippen LogP contribution in [0, 0.1) is 11.3 Å². The van der Waals surface area contributed by atoms with Crippen LogP contribution in [0.15, 0.2) is 60.7 Å². The lowest BCUT2D eigenvalue weighted by Gasteiger charge is -2.46. The molecule has 2 rings (SSSR count). The topological polar surface area (TPSA) is 46.5 Å². The molecule has 0 fully saturated rings. The molecule has 0 aliphatic carbocycles. The SMILES string of the molecule is CCC(CC)OC(=O)[C@H](C)C(C)(C)CC(C)(C)[Si](O)(c1ccccc1)c1ccccc1. The maximum atomic E-state index is 12.9. The van der Waals surface area contributed by atoms with Gasteiger partial charge in [-0.05, 0) is 40.1 Å². The van der Waals surface area contributed by atoms with Gasteiger partial charge in [-0.25, -0.2) is 0 Å². The number of hydrogen-bond acceptors (Lipinski definition) is 3. The summed E-state index contributed by atoms with van der Waals surface area (Å²) in [6.07, 6.45) is 2.33. The first-order chi connectivity index (χ1) is 14.5. The fraction of sp³-hybridized carbons (Fsp3) is 0.519. The van der Waals surface area contributed by atoms with Gasteiger partial charge in [0.05, 0.1) is 5.92 Å². The average Bonchev–Trinajstić information content (AvgIpc) is 2.76. The van der Waals surface area contributed by atoms with E-state index in [1.165, 1.54) is 0 Å². The summed E-state index contributed by atoms with van der Waals surface area (Å²) in [5.41, 5.74) is -0.336. The Bertz CT molecular complexity index is 787. The Morgan fingerprint density at radius 3 is 1.71 bits per heavy atom. The quantitative estimate of drug-likeness (QED) is 0.403. The highest BCUT2D eigenvalue weighted by atomic mass is 28.4. The maximum absolute atomic E-state index is 12.9. The van der Waals surface area contributed by atoms with Crippen LogP contribution in [-0.4, -0.2) is 25.2 Å². The molecule has 0 saturated heterocycles. The van der Waals surface area contributed by atoms with Gasteiger partial charge in [-0.1, -0.05) is 109 Å². The second-order valence-electron chi connectivity index (χ2n) is 10.1. The average molecular weight is 441 g/mol. The summed E-state index contributed by atoms with van der Waals surface area (Å²) in [7, 11) is -3.12. The molecule has 3 nitrogen and oxygen atoms in total. The van der Waals surface area contributed by atoms with Gasteiger partial charge in [-0.2, -0.15) is 0 Å². The first kappa shape index (κ1) is 25.3. The van der Waals surface area contributed by atoms with Crippen LogP contribution >= 0.6 is 0 Å². The maximum Gasteiger partial charge on any atom is 0.309 e. The Morgan fingerprint density at radius 1 is 0.903 bits per heavy atom. The molecule has 4 heteroatoms. The molecule has 0 unspecified atom stereocenters. The van der Waals surface area contributed by atoms with Crippen LogP contribution in [-0.2, 0) is 9.53 Å². The number of hydrogen-bond donors (Lipinski definition) is 1. The van der Waals surface area contributed by atoms with Crippen LogP contribution in [0.4, 0.5) is 0 Å². The number of ether oxygens (including phenoxy) is 1. The third-order valence-corrected chi connectivity index (χ3v) is 11.5. The van der Waals surface area contributed by atoms with Gasteiger partial charge in [0.2, 0.25) is 0 Å². The third kappa shape index (κ3) is 5.47. The van der Waals surface area contributed by atoms with Crippen LogP contribution < -0.4 is 10.4 Å². The zero-order valence-corrected chi connectivity index (χ0v) is 21.3. The highest BCUT2D eigenvalue weighted by molar-refractivity contribution is 6.98. The van der Waals surface area contributed by atoms with E-state index in [9.17, 15) is 9.59 Å². The van der Waals surface area contributed by atoms with E-state index in [1.54, 1.807) is 0 Å². The molecule has 0 saturated carbocycles. The lowest BCUT2D eigenvalue weighted by atomic mass is 9.74. The van der Waals surface area contributed by atoms with Crippen LogP contribution in [0.1, 0.15) is 67.7 Å². The van der Waals surface area contributed by atoms with Gasteiger partial charge in [0.25, 0.3) is 8.32 Å². The first-order valence-electron chi connectivity index (χ1n) is 11.5. The third-order valence-electron chi connectivity index (χ3n) is 6.98. The Morgan fingerprint density at radius 2 is 1.32 bits per heavy atom. The molecule has 0 amide bonds. The van der Waals surface area contributed by atoms with Gasteiger partial charge >= 0.3 is 5.97 Å². The van der Waals surface area contributed by atoms with Crippen molar-refractivity contribution >= 4 is 24.7 Å². The lowest BCUT2D eigenvalue weighted by Crippen LogP contribution is -2.66. The van der Waals surface area contributed by atoms with Crippen molar-refractivity contribution in [2.75, 3.05) is 0 Å². The Kier molecular flexibility index (Phi) is 8.29. The first-order valence-corrected chi connectivity index (χ1v) is 13.5. The summed E-state index contributed by atoms with van der Waals surface area (Å²) in [6.45, 7) is 14.6. The zero-order chi connectivity index (χ0) is 23.3. The van der Waals surface area contributed by atoms with Crippen molar-refractivity contribution in [2.24, 2.45) is 11.3 Å². The minimum atomic E-state index is -3.12. The molecule has 31 heavy (non-hydrogen) atoms. The highest BCUT2D eigenvalue weighted by Crippen LogP contribution is 2.48. The normalized spacial score (nSPS) is 13.8. The van der Waals surface area contributed by atoms with Crippen molar-refractivity contribution in [1.29, 1.82) is 0 Å². The molecule has 2 aromatic rings.